The van der Waals surface area contributed by atoms with Gasteiger partial charge in [0.05, 0.1) is 0 Å². The molecule has 0 saturated carbocycles. The van der Waals surface area contributed by atoms with Crippen molar-refractivity contribution < 1.29 is 4.79 Å². The minimum atomic E-state index is -0.101. The molecule has 3 rings (SSSR count). The van der Waals surface area contributed by atoms with Gasteiger partial charge in [0, 0.05) is 38.3 Å². The minimum absolute atomic E-state index is 0.101. The van der Waals surface area contributed by atoms with E-state index in [0.717, 1.165) is 35.9 Å². The molecule has 1 fully saturated rings. The van der Waals surface area contributed by atoms with Crippen LogP contribution < -0.4 is 15.5 Å². The first kappa shape index (κ1) is 17.9. The predicted molar refractivity (Wildman–Crippen MR) is 105 cm³/mol. The second kappa shape index (κ2) is 8.99. The average Bonchev–Trinajstić information content (AvgIpc) is 3.20. The Morgan fingerprint density at radius 2 is 2.00 bits per heavy atom. The first-order chi connectivity index (χ1) is 12.7. The third-order valence-corrected chi connectivity index (χ3v) is 4.42. The van der Waals surface area contributed by atoms with Crippen LogP contribution in [0.5, 0.6) is 0 Å². The molecule has 0 aliphatic carbocycles. The Balaban J connectivity index is 1.42. The molecule has 0 unspecified atom stereocenters. The van der Waals surface area contributed by atoms with Crippen LogP contribution in [-0.2, 0) is 4.79 Å². The second-order valence-electron chi connectivity index (χ2n) is 6.36. The Morgan fingerprint density at radius 3 is 2.81 bits per heavy atom. The van der Waals surface area contributed by atoms with Crippen LogP contribution in [0.3, 0.4) is 0 Å². The van der Waals surface area contributed by atoms with Gasteiger partial charge in [-0.25, -0.2) is 9.97 Å². The molecule has 26 heavy (non-hydrogen) atoms. The zero-order chi connectivity index (χ0) is 18.2. The number of hydrogen-bond donors (Lipinski definition) is 2. The number of nitrogens with one attached hydrogen (secondary N) is 2. The van der Waals surface area contributed by atoms with E-state index in [-0.39, 0.29) is 5.91 Å². The number of carbonyl (C=O) groups is 1. The standard InChI is InChI=1S/C20H25N5O/c1-16-6-2-3-7-17(16)8-9-20(26)22-11-10-21-18-14-19(24-15-23-18)25-12-4-5-13-25/h2-3,6-9,14-15H,4-5,10-13H2,1H3,(H,22,26)(H,21,23,24)/b9-8+. The Labute approximate surface area is 154 Å². The van der Waals surface area contributed by atoms with Crippen molar-refractivity contribution in [1.29, 1.82) is 0 Å². The summed E-state index contributed by atoms with van der Waals surface area (Å²) in [6.07, 6.45) is 7.42. The number of nitrogens with zero attached hydrogens (tertiary/aromatic N) is 3. The summed E-state index contributed by atoms with van der Waals surface area (Å²) >= 11 is 0. The van der Waals surface area contributed by atoms with Crippen molar-refractivity contribution in [2.45, 2.75) is 19.8 Å². The maximum atomic E-state index is 11.9. The quantitative estimate of drug-likeness (QED) is 0.593. The fraction of sp³-hybridized carbons (Fsp3) is 0.350. The molecule has 1 aromatic heterocycles. The number of benzene rings is 1. The molecule has 1 aromatic carbocycles. The summed E-state index contributed by atoms with van der Waals surface area (Å²) in [7, 11) is 0. The van der Waals surface area contributed by atoms with E-state index in [2.05, 4.69) is 25.5 Å². The number of aryl methyl sites for hydroxylation is 1. The third-order valence-electron chi connectivity index (χ3n) is 4.42. The van der Waals surface area contributed by atoms with Crippen LogP contribution in [0.25, 0.3) is 6.08 Å². The molecule has 0 bridgehead atoms. The maximum Gasteiger partial charge on any atom is 0.244 e. The van der Waals surface area contributed by atoms with E-state index in [0.29, 0.717) is 13.1 Å². The molecule has 1 aliphatic rings. The molecule has 1 aliphatic heterocycles. The van der Waals surface area contributed by atoms with Crippen molar-refractivity contribution in [2.24, 2.45) is 0 Å². The van der Waals surface area contributed by atoms with Crippen molar-refractivity contribution in [3.8, 4) is 0 Å². The maximum absolute atomic E-state index is 11.9. The van der Waals surface area contributed by atoms with E-state index in [1.165, 1.54) is 12.8 Å². The normalized spacial score (nSPS) is 14.0. The Bertz CT molecular complexity index is 768. The lowest BCUT2D eigenvalue weighted by Crippen LogP contribution is -2.27. The summed E-state index contributed by atoms with van der Waals surface area (Å²) < 4.78 is 0. The summed E-state index contributed by atoms with van der Waals surface area (Å²) in [5.41, 5.74) is 2.20. The van der Waals surface area contributed by atoms with Crippen LogP contribution in [0.2, 0.25) is 0 Å². The van der Waals surface area contributed by atoms with E-state index in [1.807, 2.05) is 43.3 Å². The number of amides is 1. The molecule has 0 spiro atoms. The summed E-state index contributed by atoms with van der Waals surface area (Å²) in [6.45, 7) is 5.28. The molecular weight excluding hydrogens is 326 g/mol. The molecule has 0 atom stereocenters. The van der Waals surface area contributed by atoms with Gasteiger partial charge in [-0.1, -0.05) is 24.3 Å². The fourth-order valence-corrected chi connectivity index (χ4v) is 2.94. The summed E-state index contributed by atoms with van der Waals surface area (Å²) in [5.74, 6) is 1.65. The van der Waals surface area contributed by atoms with Gasteiger partial charge in [-0.15, -0.1) is 0 Å². The largest absolute Gasteiger partial charge is 0.368 e. The fourth-order valence-electron chi connectivity index (χ4n) is 2.94. The lowest BCUT2D eigenvalue weighted by Gasteiger charge is -2.16. The second-order valence-corrected chi connectivity index (χ2v) is 6.36. The number of anilines is 2. The highest BCUT2D eigenvalue weighted by atomic mass is 16.1. The van der Waals surface area contributed by atoms with Crippen molar-refractivity contribution >= 4 is 23.6 Å². The Morgan fingerprint density at radius 1 is 1.19 bits per heavy atom. The van der Waals surface area contributed by atoms with Gasteiger partial charge in [-0.2, -0.15) is 0 Å². The van der Waals surface area contributed by atoms with Gasteiger partial charge in [-0.05, 0) is 37.0 Å². The first-order valence-electron chi connectivity index (χ1n) is 9.05. The van der Waals surface area contributed by atoms with E-state index in [9.17, 15) is 4.79 Å². The van der Waals surface area contributed by atoms with Crippen LogP contribution in [0.1, 0.15) is 24.0 Å². The van der Waals surface area contributed by atoms with Crippen molar-refractivity contribution in [2.75, 3.05) is 36.4 Å². The number of aromatic nitrogens is 2. The van der Waals surface area contributed by atoms with E-state index in [4.69, 9.17) is 0 Å². The van der Waals surface area contributed by atoms with Gasteiger partial charge < -0.3 is 15.5 Å². The van der Waals surface area contributed by atoms with E-state index < -0.39 is 0 Å². The average molecular weight is 351 g/mol. The highest BCUT2D eigenvalue weighted by Crippen LogP contribution is 2.18. The van der Waals surface area contributed by atoms with Gasteiger partial charge in [0.2, 0.25) is 5.91 Å². The number of rotatable bonds is 7. The number of carbonyl (C=O) groups excluding carboxylic acids is 1. The highest BCUT2D eigenvalue weighted by Gasteiger charge is 2.13. The zero-order valence-corrected chi connectivity index (χ0v) is 15.1. The first-order valence-corrected chi connectivity index (χ1v) is 9.05. The van der Waals surface area contributed by atoms with Crippen LogP contribution in [0.15, 0.2) is 42.7 Å². The van der Waals surface area contributed by atoms with Crippen molar-refractivity contribution in [1.82, 2.24) is 15.3 Å². The van der Waals surface area contributed by atoms with Crippen LogP contribution >= 0.6 is 0 Å². The molecule has 6 heteroatoms. The third kappa shape index (κ3) is 5.05. The molecular formula is C20H25N5O. The van der Waals surface area contributed by atoms with Gasteiger partial charge >= 0.3 is 0 Å². The summed E-state index contributed by atoms with van der Waals surface area (Å²) in [5, 5.41) is 6.10. The predicted octanol–water partition coefficient (Wildman–Crippen LogP) is 2.63. The lowest BCUT2D eigenvalue weighted by molar-refractivity contribution is -0.116. The topological polar surface area (TPSA) is 70.2 Å². The zero-order valence-electron chi connectivity index (χ0n) is 15.1. The number of hydrogen-bond acceptors (Lipinski definition) is 5. The van der Waals surface area contributed by atoms with Gasteiger partial charge in [0.15, 0.2) is 0 Å². The van der Waals surface area contributed by atoms with E-state index >= 15 is 0 Å². The molecule has 136 valence electrons. The van der Waals surface area contributed by atoms with Crippen molar-refractivity contribution in [3.05, 3.63) is 53.9 Å². The molecule has 1 amide bonds. The lowest BCUT2D eigenvalue weighted by atomic mass is 10.1. The highest BCUT2D eigenvalue weighted by molar-refractivity contribution is 5.91. The van der Waals surface area contributed by atoms with Crippen molar-refractivity contribution in [3.63, 3.8) is 0 Å². The van der Waals surface area contributed by atoms with Gasteiger partial charge in [0.1, 0.15) is 18.0 Å². The smallest absolute Gasteiger partial charge is 0.244 e. The Kier molecular flexibility index (Phi) is 6.19. The molecule has 2 heterocycles. The van der Waals surface area contributed by atoms with Gasteiger partial charge in [0.25, 0.3) is 0 Å². The SMILES string of the molecule is Cc1ccccc1/C=C/C(=O)NCCNc1cc(N2CCCC2)ncn1. The monoisotopic (exact) mass is 351 g/mol. The summed E-state index contributed by atoms with van der Waals surface area (Å²) in [6, 6.07) is 9.94. The van der Waals surface area contributed by atoms with Crippen LogP contribution in [0, 0.1) is 6.92 Å². The molecule has 0 radical (unpaired) electrons. The minimum Gasteiger partial charge on any atom is -0.368 e. The van der Waals surface area contributed by atoms with Gasteiger partial charge in [-0.3, -0.25) is 4.79 Å². The molecule has 2 N–H and O–H groups in total. The molecule has 1 saturated heterocycles. The summed E-state index contributed by atoms with van der Waals surface area (Å²) in [4.78, 5) is 22.7. The van der Waals surface area contributed by atoms with E-state index in [1.54, 1.807) is 12.4 Å². The van der Waals surface area contributed by atoms with Crippen LogP contribution in [-0.4, -0.2) is 42.1 Å². The Hall–Kier alpha value is -2.89. The van der Waals surface area contributed by atoms with Crippen LogP contribution in [0.4, 0.5) is 11.6 Å². The molecule has 2 aromatic rings. The molecule has 6 nitrogen and oxygen atoms in total.